The quantitative estimate of drug-likeness (QED) is 0.704. The molecule has 0 saturated carbocycles. The van der Waals surface area contributed by atoms with Gasteiger partial charge in [0.05, 0.1) is 0 Å². The van der Waals surface area contributed by atoms with E-state index in [2.05, 4.69) is 60.5 Å². The van der Waals surface area contributed by atoms with Crippen LogP contribution in [0.3, 0.4) is 0 Å². The predicted octanol–water partition coefficient (Wildman–Crippen LogP) is 4.51. The number of nitrogens with zero attached hydrogens (tertiary/aromatic N) is 1. The summed E-state index contributed by atoms with van der Waals surface area (Å²) in [5.41, 5.74) is 10.2. The van der Waals surface area contributed by atoms with E-state index in [1.807, 2.05) is 12.1 Å². The minimum Gasteiger partial charge on any atom is -0.399 e. The largest absolute Gasteiger partial charge is 0.399 e. The van der Waals surface area contributed by atoms with Crippen molar-refractivity contribution in [1.29, 1.82) is 0 Å². The molecule has 3 nitrogen and oxygen atoms in total. The van der Waals surface area contributed by atoms with Crippen molar-refractivity contribution in [2.75, 3.05) is 29.0 Å². The van der Waals surface area contributed by atoms with E-state index in [0.717, 1.165) is 31.0 Å². The van der Waals surface area contributed by atoms with Gasteiger partial charge in [0.25, 0.3) is 0 Å². The Morgan fingerprint density at radius 2 is 1.45 bits per heavy atom. The highest BCUT2D eigenvalue weighted by molar-refractivity contribution is 5.55. The van der Waals surface area contributed by atoms with Crippen LogP contribution in [0.25, 0.3) is 0 Å². The van der Waals surface area contributed by atoms with Gasteiger partial charge in [-0.15, -0.1) is 0 Å². The second kappa shape index (κ2) is 8.32. The molecule has 0 radical (unpaired) electrons. The summed E-state index contributed by atoms with van der Waals surface area (Å²) in [4.78, 5) is 2.45. The van der Waals surface area contributed by atoms with Gasteiger partial charge in [-0.25, -0.2) is 0 Å². The second-order valence-corrected chi connectivity index (χ2v) is 5.63. The zero-order valence-corrected chi connectivity index (χ0v) is 13.7. The molecule has 0 amide bonds. The summed E-state index contributed by atoms with van der Waals surface area (Å²) in [6, 6.07) is 16.7. The van der Waals surface area contributed by atoms with Crippen LogP contribution in [0.1, 0.15) is 32.3 Å². The van der Waals surface area contributed by atoms with Crippen molar-refractivity contribution in [3.63, 3.8) is 0 Å². The third-order valence-corrected chi connectivity index (χ3v) is 3.70. The van der Waals surface area contributed by atoms with E-state index < -0.39 is 0 Å². The summed E-state index contributed by atoms with van der Waals surface area (Å²) >= 11 is 0. The smallest absolute Gasteiger partial charge is 0.0400 e. The number of benzene rings is 2. The normalized spacial score (nSPS) is 10.5. The highest BCUT2D eigenvalue weighted by atomic mass is 15.1. The Morgan fingerprint density at radius 3 is 2.00 bits per heavy atom. The molecule has 22 heavy (non-hydrogen) atoms. The summed E-state index contributed by atoms with van der Waals surface area (Å²) in [5.74, 6) is 0. The first kappa shape index (κ1) is 16.2. The fourth-order valence-corrected chi connectivity index (χ4v) is 2.54. The predicted molar refractivity (Wildman–Crippen MR) is 97.4 cm³/mol. The van der Waals surface area contributed by atoms with Crippen LogP contribution < -0.4 is 16.0 Å². The van der Waals surface area contributed by atoms with Gasteiger partial charge in [0, 0.05) is 36.7 Å². The molecule has 0 unspecified atom stereocenters. The van der Waals surface area contributed by atoms with Crippen molar-refractivity contribution in [3.8, 4) is 0 Å². The maximum Gasteiger partial charge on any atom is 0.0400 e. The van der Waals surface area contributed by atoms with Crippen LogP contribution >= 0.6 is 0 Å². The van der Waals surface area contributed by atoms with E-state index in [-0.39, 0.29) is 0 Å². The highest BCUT2D eigenvalue weighted by Crippen LogP contribution is 2.19. The van der Waals surface area contributed by atoms with E-state index in [4.69, 9.17) is 5.73 Å². The topological polar surface area (TPSA) is 41.3 Å². The van der Waals surface area contributed by atoms with E-state index >= 15 is 0 Å². The zero-order valence-electron chi connectivity index (χ0n) is 13.7. The number of anilines is 3. The second-order valence-electron chi connectivity index (χ2n) is 5.63. The minimum absolute atomic E-state index is 0.806. The first-order valence-electron chi connectivity index (χ1n) is 8.16. The van der Waals surface area contributed by atoms with Gasteiger partial charge in [0.15, 0.2) is 0 Å². The maximum absolute atomic E-state index is 5.70. The lowest BCUT2D eigenvalue weighted by atomic mass is 10.2. The Labute approximate surface area is 134 Å². The molecular formula is C19H27N3. The average Bonchev–Trinajstić information content (AvgIpc) is 2.55. The van der Waals surface area contributed by atoms with Crippen LogP contribution in [0.5, 0.6) is 0 Å². The van der Waals surface area contributed by atoms with Crippen molar-refractivity contribution in [2.24, 2.45) is 0 Å². The fraction of sp³-hybridized carbons (Fsp3) is 0.368. The number of hydrogen-bond acceptors (Lipinski definition) is 3. The molecule has 2 aromatic carbocycles. The lowest BCUT2D eigenvalue weighted by Gasteiger charge is -2.24. The molecule has 2 rings (SSSR count). The molecule has 0 fully saturated rings. The van der Waals surface area contributed by atoms with Gasteiger partial charge >= 0.3 is 0 Å². The standard InChI is InChI=1S/C19H27N3/c1-3-13-22(14-4-2)19-11-9-18(10-12-19)21-15-16-5-7-17(20)8-6-16/h5-12,21H,3-4,13-15,20H2,1-2H3. The molecule has 2 aromatic rings. The van der Waals surface area contributed by atoms with Gasteiger partial charge in [-0.3, -0.25) is 0 Å². The molecule has 0 saturated heterocycles. The summed E-state index contributed by atoms with van der Waals surface area (Å²) in [6.45, 7) is 7.50. The van der Waals surface area contributed by atoms with Crippen molar-refractivity contribution >= 4 is 17.1 Å². The number of hydrogen-bond donors (Lipinski definition) is 2. The Kier molecular flexibility index (Phi) is 6.13. The fourth-order valence-electron chi connectivity index (χ4n) is 2.54. The lowest BCUT2D eigenvalue weighted by molar-refractivity contribution is 0.745. The summed E-state index contributed by atoms with van der Waals surface area (Å²) in [6.07, 6.45) is 2.36. The molecule has 0 spiro atoms. The molecule has 0 aromatic heterocycles. The highest BCUT2D eigenvalue weighted by Gasteiger charge is 2.04. The summed E-state index contributed by atoms with van der Waals surface area (Å²) in [7, 11) is 0. The van der Waals surface area contributed by atoms with Crippen LogP contribution in [-0.4, -0.2) is 13.1 Å². The monoisotopic (exact) mass is 297 g/mol. The first-order chi connectivity index (χ1) is 10.7. The molecular weight excluding hydrogens is 270 g/mol. The van der Waals surface area contributed by atoms with Gasteiger partial charge in [-0.1, -0.05) is 26.0 Å². The van der Waals surface area contributed by atoms with Crippen LogP contribution in [0, 0.1) is 0 Å². The first-order valence-corrected chi connectivity index (χ1v) is 8.16. The van der Waals surface area contributed by atoms with Gasteiger partial charge in [0.2, 0.25) is 0 Å². The molecule has 3 heteroatoms. The summed E-state index contributed by atoms with van der Waals surface area (Å²) < 4.78 is 0. The lowest BCUT2D eigenvalue weighted by Crippen LogP contribution is -2.24. The Hall–Kier alpha value is -2.16. The van der Waals surface area contributed by atoms with Crippen molar-refractivity contribution in [2.45, 2.75) is 33.2 Å². The number of rotatable bonds is 8. The zero-order chi connectivity index (χ0) is 15.8. The van der Waals surface area contributed by atoms with E-state index in [1.54, 1.807) is 0 Å². The third kappa shape index (κ3) is 4.69. The Bertz CT molecular complexity index is 540. The van der Waals surface area contributed by atoms with Gasteiger partial charge in [-0.05, 0) is 54.8 Å². The molecule has 0 bridgehead atoms. The molecule has 0 heterocycles. The van der Waals surface area contributed by atoms with Crippen LogP contribution in [0.2, 0.25) is 0 Å². The van der Waals surface area contributed by atoms with Crippen molar-refractivity contribution < 1.29 is 0 Å². The molecule has 3 N–H and O–H groups in total. The van der Waals surface area contributed by atoms with Gasteiger partial charge in [-0.2, -0.15) is 0 Å². The number of nitrogen functional groups attached to an aromatic ring is 1. The van der Waals surface area contributed by atoms with Crippen molar-refractivity contribution in [1.82, 2.24) is 0 Å². The molecule has 0 aliphatic carbocycles. The van der Waals surface area contributed by atoms with Crippen molar-refractivity contribution in [3.05, 3.63) is 54.1 Å². The van der Waals surface area contributed by atoms with E-state index in [0.29, 0.717) is 0 Å². The minimum atomic E-state index is 0.806. The molecule has 0 aliphatic rings. The SMILES string of the molecule is CCCN(CCC)c1ccc(NCc2ccc(N)cc2)cc1. The Balaban J connectivity index is 1.94. The average molecular weight is 297 g/mol. The third-order valence-electron chi connectivity index (χ3n) is 3.70. The van der Waals surface area contributed by atoms with Gasteiger partial charge < -0.3 is 16.0 Å². The van der Waals surface area contributed by atoms with Crippen LogP contribution in [0.15, 0.2) is 48.5 Å². The van der Waals surface area contributed by atoms with E-state index in [1.165, 1.54) is 24.1 Å². The molecule has 0 aliphatic heterocycles. The van der Waals surface area contributed by atoms with Crippen LogP contribution in [0.4, 0.5) is 17.1 Å². The number of nitrogens with two attached hydrogens (primary N) is 1. The molecule has 118 valence electrons. The maximum atomic E-state index is 5.70. The summed E-state index contributed by atoms with van der Waals surface area (Å²) in [5, 5.41) is 3.45. The Morgan fingerprint density at radius 1 is 0.864 bits per heavy atom. The van der Waals surface area contributed by atoms with Gasteiger partial charge in [0.1, 0.15) is 0 Å². The molecule has 0 atom stereocenters. The van der Waals surface area contributed by atoms with E-state index in [9.17, 15) is 0 Å². The number of nitrogens with one attached hydrogen (secondary N) is 1. The van der Waals surface area contributed by atoms with Crippen LogP contribution in [-0.2, 0) is 6.54 Å².